The van der Waals surface area contributed by atoms with Gasteiger partial charge in [0.25, 0.3) is 0 Å². The van der Waals surface area contributed by atoms with Crippen molar-refractivity contribution in [3.8, 4) is 6.07 Å². The lowest BCUT2D eigenvalue weighted by atomic mass is 9.90. The van der Waals surface area contributed by atoms with Crippen molar-refractivity contribution in [3.63, 3.8) is 0 Å². The maximum Gasteiger partial charge on any atom is 0.231 e. The van der Waals surface area contributed by atoms with E-state index in [4.69, 9.17) is 0 Å². The summed E-state index contributed by atoms with van der Waals surface area (Å²) in [6, 6.07) is 2.49. The lowest BCUT2D eigenvalue weighted by molar-refractivity contribution is -0.893. The minimum Gasteiger partial charge on any atom is -0.337 e. The maximum absolute atomic E-state index is 12.4. The van der Waals surface area contributed by atoms with Crippen molar-refractivity contribution in [3.05, 3.63) is 5.82 Å². The summed E-state index contributed by atoms with van der Waals surface area (Å²) in [7, 11) is 4.25. The Labute approximate surface area is 167 Å². The molecule has 27 heavy (non-hydrogen) atoms. The van der Waals surface area contributed by atoms with Gasteiger partial charge < -0.3 is 14.8 Å². The van der Waals surface area contributed by atoms with E-state index in [1.807, 2.05) is 13.8 Å². The first-order valence-electron chi connectivity index (χ1n) is 9.78. The Morgan fingerprint density at radius 1 is 1.37 bits per heavy atom. The minimum atomic E-state index is -0.861. The van der Waals surface area contributed by atoms with Gasteiger partial charge in [-0.1, -0.05) is 45.9 Å². The second-order valence-electron chi connectivity index (χ2n) is 7.69. The molecule has 0 spiro atoms. The zero-order valence-corrected chi connectivity index (χ0v) is 18.6. The van der Waals surface area contributed by atoms with Crippen molar-refractivity contribution in [2.45, 2.75) is 77.2 Å². The van der Waals surface area contributed by atoms with Crippen LogP contribution in [0.1, 0.15) is 65.7 Å². The fourth-order valence-electron chi connectivity index (χ4n) is 2.80. The summed E-state index contributed by atoms with van der Waals surface area (Å²) in [6.45, 7) is 10.8. The van der Waals surface area contributed by atoms with Gasteiger partial charge in [0.05, 0.1) is 25.9 Å². The number of carbonyl (C=O) groups excluding carboxylic acids is 1. The van der Waals surface area contributed by atoms with Crippen molar-refractivity contribution in [2.75, 3.05) is 19.8 Å². The third-order valence-corrected chi connectivity index (χ3v) is 5.98. The van der Waals surface area contributed by atoms with E-state index < -0.39 is 5.54 Å². The van der Waals surface area contributed by atoms with Gasteiger partial charge >= 0.3 is 0 Å². The molecule has 1 rings (SSSR count). The number of nitriles is 1. The first-order valence-corrected chi connectivity index (χ1v) is 10.8. The number of amides is 1. The summed E-state index contributed by atoms with van der Waals surface area (Å²) in [5, 5.41) is 21.8. The molecule has 2 atom stereocenters. The van der Waals surface area contributed by atoms with E-state index in [2.05, 4.69) is 54.1 Å². The van der Waals surface area contributed by atoms with Crippen molar-refractivity contribution in [1.82, 2.24) is 20.1 Å². The van der Waals surface area contributed by atoms with E-state index in [0.717, 1.165) is 36.8 Å². The molecule has 0 aliphatic rings. The number of nitrogens with one attached hydrogen (secondary N) is 2. The molecule has 152 valence electrons. The van der Waals surface area contributed by atoms with Crippen molar-refractivity contribution in [1.29, 1.82) is 5.26 Å². The quantitative estimate of drug-likeness (QED) is 0.558. The Morgan fingerprint density at radius 2 is 2.04 bits per heavy atom. The number of carbonyl (C=O) groups is 1. The van der Waals surface area contributed by atoms with Crippen LogP contribution in [-0.4, -0.2) is 46.1 Å². The second kappa shape index (κ2) is 10.7. The number of nitrogens with zero attached hydrogens (tertiary/aromatic N) is 4. The Balaban J connectivity index is 2.92. The third kappa shape index (κ3) is 6.22. The highest BCUT2D eigenvalue weighted by Gasteiger charge is 2.30. The Hall–Kier alpha value is -1.59. The summed E-state index contributed by atoms with van der Waals surface area (Å²) in [6.07, 6.45) is 3.11. The predicted molar refractivity (Wildman–Crippen MR) is 108 cm³/mol. The van der Waals surface area contributed by atoms with Gasteiger partial charge in [-0.3, -0.25) is 4.79 Å². The first kappa shape index (κ1) is 23.4. The van der Waals surface area contributed by atoms with Crippen LogP contribution in [0.25, 0.3) is 0 Å². The van der Waals surface area contributed by atoms with Crippen LogP contribution in [0.2, 0.25) is 0 Å². The highest BCUT2D eigenvalue weighted by molar-refractivity contribution is 7.99. The molecule has 0 saturated heterocycles. The minimum absolute atomic E-state index is 0.0321. The average Bonchev–Trinajstić information content (AvgIpc) is 3.00. The lowest BCUT2D eigenvalue weighted by Crippen LogP contribution is -3.06. The highest BCUT2D eigenvalue weighted by atomic mass is 32.2. The number of unbranched alkanes of at least 4 members (excludes halogenated alkanes) is 1. The second-order valence-corrected chi connectivity index (χ2v) is 8.63. The molecule has 2 N–H and O–H groups in total. The number of quaternary nitrogens is 1. The Morgan fingerprint density at radius 3 is 2.52 bits per heavy atom. The number of thioether (sulfide) groups is 1. The van der Waals surface area contributed by atoms with Crippen LogP contribution in [-0.2, 0) is 11.3 Å². The summed E-state index contributed by atoms with van der Waals surface area (Å²) >= 11 is 1.39. The number of aromatic nitrogens is 3. The number of hydrogen-bond acceptors (Lipinski definition) is 5. The predicted octanol–water partition coefficient (Wildman–Crippen LogP) is 1.82. The first-order chi connectivity index (χ1) is 12.7. The smallest absolute Gasteiger partial charge is 0.231 e. The summed E-state index contributed by atoms with van der Waals surface area (Å²) in [5.74, 6) is 1.08. The molecule has 0 bridgehead atoms. The molecule has 7 nitrogen and oxygen atoms in total. The van der Waals surface area contributed by atoms with E-state index >= 15 is 0 Å². The Bertz CT molecular complexity index is 651. The summed E-state index contributed by atoms with van der Waals surface area (Å²) in [4.78, 5) is 13.7. The summed E-state index contributed by atoms with van der Waals surface area (Å²) in [5.41, 5.74) is -0.861. The van der Waals surface area contributed by atoms with E-state index in [-0.39, 0.29) is 23.6 Å². The molecule has 0 aliphatic carbocycles. The maximum atomic E-state index is 12.4. The van der Waals surface area contributed by atoms with Gasteiger partial charge in [0.15, 0.2) is 11.0 Å². The van der Waals surface area contributed by atoms with Crippen LogP contribution in [0, 0.1) is 17.2 Å². The third-order valence-electron chi connectivity index (χ3n) is 5.02. The van der Waals surface area contributed by atoms with E-state index in [1.165, 1.54) is 16.7 Å². The van der Waals surface area contributed by atoms with E-state index in [0.29, 0.717) is 0 Å². The molecule has 1 aromatic rings. The topological polar surface area (TPSA) is 88.0 Å². The molecular weight excluding hydrogens is 360 g/mol. The normalized spacial score (nSPS) is 14.8. The van der Waals surface area contributed by atoms with Crippen molar-refractivity contribution < 1.29 is 9.69 Å². The molecule has 0 fully saturated rings. The molecule has 0 unspecified atom stereocenters. The molecule has 0 radical (unpaired) electrons. The van der Waals surface area contributed by atoms with Gasteiger partial charge in [-0.25, -0.2) is 0 Å². The molecule has 0 saturated carbocycles. The molecule has 1 amide bonds. The standard InChI is InChI=1S/C19H34N6OS/c1-8-10-11-25-17(15(9-2)24(6)7)22-23-18(25)27-12-16(26)21-19(5,13-20)14(3)4/h14-15H,8-12H2,1-7H3,(H,21,26)/p+1/t15-,19+/m0/s1. The lowest BCUT2D eigenvalue weighted by Gasteiger charge is -2.27. The van der Waals surface area contributed by atoms with Gasteiger partial charge in [-0.15, -0.1) is 10.2 Å². The highest BCUT2D eigenvalue weighted by Crippen LogP contribution is 2.22. The van der Waals surface area contributed by atoms with Crippen LogP contribution in [0.4, 0.5) is 0 Å². The zero-order valence-electron chi connectivity index (χ0n) is 17.8. The van der Waals surface area contributed by atoms with Crippen molar-refractivity contribution in [2.24, 2.45) is 5.92 Å². The average molecular weight is 396 g/mol. The molecular formula is C19H35N6OS+. The van der Waals surface area contributed by atoms with Gasteiger partial charge in [0.2, 0.25) is 5.91 Å². The Kier molecular flexibility index (Phi) is 9.27. The molecule has 0 aliphatic heterocycles. The van der Waals surface area contributed by atoms with Crippen LogP contribution in [0.3, 0.4) is 0 Å². The fraction of sp³-hybridized carbons (Fsp3) is 0.789. The fourth-order valence-corrected chi connectivity index (χ4v) is 3.57. The molecule has 0 aromatic carbocycles. The van der Waals surface area contributed by atoms with Gasteiger partial charge in [0.1, 0.15) is 11.6 Å². The van der Waals surface area contributed by atoms with Crippen LogP contribution in [0.15, 0.2) is 5.16 Å². The van der Waals surface area contributed by atoms with Crippen LogP contribution < -0.4 is 10.2 Å². The largest absolute Gasteiger partial charge is 0.337 e. The molecule has 1 aromatic heterocycles. The van der Waals surface area contributed by atoms with Crippen LogP contribution >= 0.6 is 11.8 Å². The van der Waals surface area contributed by atoms with E-state index in [9.17, 15) is 10.1 Å². The van der Waals surface area contributed by atoms with E-state index in [1.54, 1.807) is 6.92 Å². The number of hydrogen-bond donors (Lipinski definition) is 2. The van der Waals surface area contributed by atoms with Crippen molar-refractivity contribution >= 4 is 17.7 Å². The monoisotopic (exact) mass is 395 g/mol. The molecule has 1 heterocycles. The zero-order chi connectivity index (χ0) is 20.6. The van der Waals surface area contributed by atoms with Gasteiger partial charge in [-0.2, -0.15) is 5.26 Å². The summed E-state index contributed by atoms with van der Waals surface area (Å²) < 4.78 is 2.16. The number of rotatable bonds is 11. The van der Waals surface area contributed by atoms with Gasteiger partial charge in [-0.05, 0) is 19.3 Å². The van der Waals surface area contributed by atoms with Crippen LogP contribution in [0.5, 0.6) is 0 Å². The molecule has 8 heteroatoms. The van der Waals surface area contributed by atoms with Gasteiger partial charge in [0, 0.05) is 13.0 Å². The SMILES string of the molecule is CCCCn1c(SCC(=O)N[C@](C)(C#N)C(C)C)nnc1[C@H](CC)[NH+](C)C.